The van der Waals surface area contributed by atoms with Gasteiger partial charge in [0, 0.05) is 19.5 Å². The standard InChI is InChI=1S/C16H21NO3/c1-16(15(19)20,12-7-4-3-5-8-12)11-14(18)17(2)13-9-6-10-13/h3-5,7-8,13H,6,9-11H2,1-2H3,(H,19,20). The molecule has 1 saturated carbocycles. The first-order valence-corrected chi connectivity index (χ1v) is 7.00. The molecule has 1 aliphatic rings. The Morgan fingerprint density at radius 3 is 2.35 bits per heavy atom. The Bertz CT molecular complexity index is 496. The highest BCUT2D eigenvalue weighted by Gasteiger charge is 2.39. The highest BCUT2D eigenvalue weighted by molar-refractivity contribution is 5.89. The van der Waals surface area contributed by atoms with Crippen molar-refractivity contribution >= 4 is 11.9 Å². The van der Waals surface area contributed by atoms with E-state index in [-0.39, 0.29) is 18.4 Å². The van der Waals surface area contributed by atoms with E-state index in [2.05, 4.69) is 0 Å². The van der Waals surface area contributed by atoms with Crippen molar-refractivity contribution in [1.82, 2.24) is 4.90 Å². The quantitative estimate of drug-likeness (QED) is 0.898. The van der Waals surface area contributed by atoms with Crippen LogP contribution in [0.5, 0.6) is 0 Å². The Kier molecular flexibility index (Phi) is 4.12. The molecule has 0 spiro atoms. The molecule has 1 amide bonds. The maximum Gasteiger partial charge on any atom is 0.314 e. The first kappa shape index (κ1) is 14.6. The van der Waals surface area contributed by atoms with Crippen LogP contribution in [-0.4, -0.2) is 35.0 Å². The number of nitrogens with zero attached hydrogens (tertiary/aromatic N) is 1. The van der Waals surface area contributed by atoms with Crippen LogP contribution < -0.4 is 0 Å². The third-order valence-corrected chi connectivity index (χ3v) is 4.40. The molecule has 1 aromatic rings. The summed E-state index contributed by atoms with van der Waals surface area (Å²) < 4.78 is 0. The molecule has 4 nitrogen and oxygen atoms in total. The molecule has 0 aliphatic heterocycles. The maximum absolute atomic E-state index is 12.3. The Labute approximate surface area is 119 Å². The summed E-state index contributed by atoms with van der Waals surface area (Å²) in [4.78, 5) is 25.7. The summed E-state index contributed by atoms with van der Waals surface area (Å²) in [7, 11) is 1.78. The number of carboxylic acids is 1. The van der Waals surface area contributed by atoms with Gasteiger partial charge in [0.05, 0.1) is 5.41 Å². The molecule has 1 aliphatic carbocycles. The second kappa shape index (κ2) is 5.65. The number of carboxylic acid groups (broad SMARTS) is 1. The fourth-order valence-corrected chi connectivity index (χ4v) is 2.51. The number of hydrogen-bond acceptors (Lipinski definition) is 2. The van der Waals surface area contributed by atoms with E-state index in [1.54, 1.807) is 43.1 Å². The zero-order valence-corrected chi connectivity index (χ0v) is 12.0. The Morgan fingerprint density at radius 2 is 1.90 bits per heavy atom. The molecule has 108 valence electrons. The SMILES string of the molecule is CN(C(=O)CC(C)(C(=O)O)c1ccccc1)C1CCC1. The molecule has 0 aromatic heterocycles. The van der Waals surface area contributed by atoms with Crippen molar-refractivity contribution in [3.05, 3.63) is 35.9 Å². The van der Waals surface area contributed by atoms with Gasteiger partial charge < -0.3 is 10.0 Å². The third kappa shape index (κ3) is 2.69. The normalized spacial score (nSPS) is 17.9. The van der Waals surface area contributed by atoms with Gasteiger partial charge in [-0.05, 0) is 31.7 Å². The smallest absolute Gasteiger partial charge is 0.314 e. The van der Waals surface area contributed by atoms with Crippen LogP contribution in [0.25, 0.3) is 0 Å². The number of carbonyl (C=O) groups excluding carboxylic acids is 1. The summed E-state index contributed by atoms with van der Waals surface area (Å²) in [5, 5.41) is 9.56. The highest BCUT2D eigenvalue weighted by Crippen LogP contribution is 2.31. The van der Waals surface area contributed by atoms with Crippen molar-refractivity contribution in [2.24, 2.45) is 0 Å². The Morgan fingerprint density at radius 1 is 1.30 bits per heavy atom. The molecule has 1 fully saturated rings. The number of carbonyl (C=O) groups is 2. The Balaban J connectivity index is 2.17. The lowest BCUT2D eigenvalue weighted by atomic mass is 9.78. The van der Waals surface area contributed by atoms with E-state index in [9.17, 15) is 14.7 Å². The van der Waals surface area contributed by atoms with Gasteiger partial charge in [0.15, 0.2) is 0 Å². The molecular formula is C16H21NO3. The second-order valence-corrected chi connectivity index (χ2v) is 5.77. The van der Waals surface area contributed by atoms with Crippen LogP contribution in [0.1, 0.15) is 38.2 Å². The van der Waals surface area contributed by atoms with Crippen LogP contribution in [0.3, 0.4) is 0 Å². The van der Waals surface area contributed by atoms with Crippen LogP contribution >= 0.6 is 0 Å². The molecule has 4 heteroatoms. The van der Waals surface area contributed by atoms with E-state index >= 15 is 0 Å². The van der Waals surface area contributed by atoms with Gasteiger partial charge in [-0.25, -0.2) is 0 Å². The molecule has 2 rings (SSSR count). The molecule has 1 N–H and O–H groups in total. The lowest BCUT2D eigenvalue weighted by molar-refractivity contribution is -0.148. The van der Waals surface area contributed by atoms with Gasteiger partial charge in [-0.1, -0.05) is 30.3 Å². The van der Waals surface area contributed by atoms with E-state index in [1.807, 2.05) is 6.07 Å². The molecule has 0 radical (unpaired) electrons. The van der Waals surface area contributed by atoms with Crippen molar-refractivity contribution in [3.8, 4) is 0 Å². The fraction of sp³-hybridized carbons (Fsp3) is 0.500. The highest BCUT2D eigenvalue weighted by atomic mass is 16.4. The number of rotatable bonds is 5. The van der Waals surface area contributed by atoms with Gasteiger partial charge in [-0.15, -0.1) is 0 Å². The zero-order valence-electron chi connectivity index (χ0n) is 12.0. The monoisotopic (exact) mass is 275 g/mol. The van der Waals surface area contributed by atoms with Crippen molar-refractivity contribution in [2.45, 2.75) is 44.1 Å². The molecule has 20 heavy (non-hydrogen) atoms. The summed E-state index contributed by atoms with van der Waals surface area (Å²) >= 11 is 0. The minimum absolute atomic E-state index is 0.000648. The summed E-state index contributed by atoms with van der Waals surface area (Å²) in [6.45, 7) is 1.62. The topological polar surface area (TPSA) is 57.6 Å². The second-order valence-electron chi connectivity index (χ2n) is 5.77. The van der Waals surface area contributed by atoms with Gasteiger partial charge in [-0.2, -0.15) is 0 Å². The lowest BCUT2D eigenvalue weighted by Gasteiger charge is -2.36. The van der Waals surface area contributed by atoms with Gasteiger partial charge in [-0.3, -0.25) is 9.59 Å². The first-order chi connectivity index (χ1) is 9.45. The Hall–Kier alpha value is -1.84. The van der Waals surface area contributed by atoms with Crippen LogP contribution in [0.4, 0.5) is 0 Å². The fourth-order valence-electron chi connectivity index (χ4n) is 2.51. The molecule has 0 saturated heterocycles. The van der Waals surface area contributed by atoms with Crippen LogP contribution in [0, 0.1) is 0 Å². The molecule has 1 aromatic carbocycles. The lowest BCUT2D eigenvalue weighted by Crippen LogP contribution is -2.45. The maximum atomic E-state index is 12.3. The van der Waals surface area contributed by atoms with Crippen LogP contribution in [0.15, 0.2) is 30.3 Å². The summed E-state index contributed by atoms with van der Waals surface area (Å²) in [6.07, 6.45) is 3.20. The predicted octanol–water partition coefficient (Wildman–Crippen LogP) is 2.43. The van der Waals surface area contributed by atoms with Crippen molar-refractivity contribution < 1.29 is 14.7 Å². The van der Waals surface area contributed by atoms with Crippen molar-refractivity contribution in [1.29, 1.82) is 0 Å². The van der Waals surface area contributed by atoms with E-state index in [1.165, 1.54) is 0 Å². The molecular weight excluding hydrogens is 254 g/mol. The van der Waals surface area contributed by atoms with Gasteiger partial charge in [0.2, 0.25) is 5.91 Å². The van der Waals surface area contributed by atoms with E-state index in [0.717, 1.165) is 19.3 Å². The summed E-state index contributed by atoms with van der Waals surface area (Å²) in [5.74, 6) is -1.05. The van der Waals surface area contributed by atoms with E-state index in [4.69, 9.17) is 0 Å². The average Bonchev–Trinajstić information content (AvgIpc) is 2.37. The zero-order chi connectivity index (χ0) is 14.8. The minimum atomic E-state index is -1.17. The average molecular weight is 275 g/mol. The molecule has 0 heterocycles. The summed E-state index contributed by atoms with van der Waals surface area (Å²) in [6, 6.07) is 9.27. The largest absolute Gasteiger partial charge is 0.481 e. The predicted molar refractivity (Wildman–Crippen MR) is 76.5 cm³/mol. The number of hydrogen-bond donors (Lipinski definition) is 1. The van der Waals surface area contributed by atoms with Crippen LogP contribution in [0.2, 0.25) is 0 Å². The number of benzene rings is 1. The molecule has 1 atom stereocenters. The third-order valence-electron chi connectivity index (χ3n) is 4.40. The van der Waals surface area contributed by atoms with Gasteiger partial charge in [0.25, 0.3) is 0 Å². The van der Waals surface area contributed by atoms with Gasteiger partial charge >= 0.3 is 5.97 Å². The van der Waals surface area contributed by atoms with Crippen molar-refractivity contribution in [3.63, 3.8) is 0 Å². The number of amides is 1. The van der Waals surface area contributed by atoms with Gasteiger partial charge in [0.1, 0.15) is 0 Å². The van der Waals surface area contributed by atoms with Crippen molar-refractivity contribution in [2.75, 3.05) is 7.05 Å². The first-order valence-electron chi connectivity index (χ1n) is 7.00. The van der Waals surface area contributed by atoms with E-state index in [0.29, 0.717) is 5.56 Å². The molecule has 0 bridgehead atoms. The van der Waals surface area contributed by atoms with E-state index < -0.39 is 11.4 Å². The molecule has 1 unspecified atom stereocenters. The van der Waals surface area contributed by atoms with Crippen LogP contribution in [-0.2, 0) is 15.0 Å². The minimum Gasteiger partial charge on any atom is -0.481 e. The number of aliphatic carboxylic acids is 1. The summed E-state index contributed by atoms with van der Waals surface area (Å²) in [5.41, 5.74) is -0.501.